The Morgan fingerprint density at radius 3 is 2.62 bits per heavy atom. The van der Waals surface area contributed by atoms with Gasteiger partial charge in [-0.3, -0.25) is 0 Å². The third kappa shape index (κ3) is 3.80. The van der Waals surface area contributed by atoms with E-state index in [1.165, 1.54) is 25.7 Å². The Morgan fingerprint density at radius 1 is 1.38 bits per heavy atom. The quantitative estimate of drug-likeness (QED) is 0.525. The number of nitrogens with one attached hydrogen (secondary N) is 1. The second-order valence-corrected chi connectivity index (χ2v) is 3.62. The highest BCUT2D eigenvalue weighted by atomic mass is 16.5. The Kier molecular flexibility index (Phi) is 4.88. The fraction of sp³-hybridized carbons (Fsp3) is 0.818. The molecule has 1 aliphatic rings. The summed E-state index contributed by atoms with van der Waals surface area (Å²) in [5.41, 5.74) is 0. The van der Waals surface area contributed by atoms with Crippen molar-refractivity contribution in [3.8, 4) is 12.3 Å². The summed E-state index contributed by atoms with van der Waals surface area (Å²) < 4.78 is 5.30. The monoisotopic (exact) mass is 181 g/mol. The van der Waals surface area contributed by atoms with Crippen molar-refractivity contribution in [1.82, 2.24) is 5.32 Å². The number of hydrogen-bond acceptors (Lipinski definition) is 2. The van der Waals surface area contributed by atoms with Crippen molar-refractivity contribution < 1.29 is 4.74 Å². The zero-order chi connectivity index (χ0) is 9.52. The summed E-state index contributed by atoms with van der Waals surface area (Å²) in [6, 6.07) is 0.666. The van der Waals surface area contributed by atoms with Gasteiger partial charge >= 0.3 is 0 Å². The Labute approximate surface area is 81.0 Å². The molecule has 0 amide bonds. The van der Waals surface area contributed by atoms with Gasteiger partial charge in [0.15, 0.2) is 0 Å². The summed E-state index contributed by atoms with van der Waals surface area (Å²) in [5, 5.41) is 3.47. The van der Waals surface area contributed by atoms with Crippen LogP contribution in [0, 0.1) is 12.3 Å². The third-order valence-corrected chi connectivity index (χ3v) is 2.71. The van der Waals surface area contributed by atoms with E-state index in [1.807, 2.05) is 0 Å². The molecule has 0 atom stereocenters. The van der Waals surface area contributed by atoms with Crippen LogP contribution in [0.25, 0.3) is 0 Å². The smallest absolute Gasteiger partial charge is 0.0572 e. The van der Waals surface area contributed by atoms with Crippen LogP contribution < -0.4 is 5.32 Å². The number of hydrogen-bond donors (Lipinski definition) is 1. The topological polar surface area (TPSA) is 21.3 Å². The van der Waals surface area contributed by atoms with Crippen LogP contribution in [0.4, 0.5) is 0 Å². The van der Waals surface area contributed by atoms with Gasteiger partial charge in [-0.15, -0.1) is 12.3 Å². The Hall–Kier alpha value is -0.520. The first-order chi connectivity index (χ1) is 6.36. The van der Waals surface area contributed by atoms with E-state index < -0.39 is 0 Å². The molecule has 0 radical (unpaired) electrons. The lowest BCUT2D eigenvalue weighted by molar-refractivity contribution is 0.0627. The molecule has 1 N–H and O–H groups in total. The average Bonchev–Trinajstić information content (AvgIpc) is 2.19. The van der Waals surface area contributed by atoms with Crippen LogP contribution in [0.2, 0.25) is 0 Å². The van der Waals surface area contributed by atoms with Crippen molar-refractivity contribution in [2.45, 2.75) is 44.2 Å². The number of rotatable bonds is 4. The molecule has 0 heterocycles. The summed E-state index contributed by atoms with van der Waals surface area (Å²) in [7, 11) is 1.80. The van der Waals surface area contributed by atoms with E-state index in [4.69, 9.17) is 11.2 Å². The first-order valence-electron chi connectivity index (χ1n) is 5.06. The van der Waals surface area contributed by atoms with Crippen molar-refractivity contribution in [1.29, 1.82) is 0 Å². The summed E-state index contributed by atoms with van der Waals surface area (Å²) >= 11 is 0. The minimum atomic E-state index is 0.491. The van der Waals surface area contributed by atoms with E-state index in [0.717, 1.165) is 13.0 Å². The van der Waals surface area contributed by atoms with E-state index in [1.54, 1.807) is 7.11 Å². The largest absolute Gasteiger partial charge is 0.381 e. The van der Waals surface area contributed by atoms with Crippen molar-refractivity contribution >= 4 is 0 Å². The maximum atomic E-state index is 5.30. The van der Waals surface area contributed by atoms with Crippen molar-refractivity contribution in [3.05, 3.63) is 0 Å². The highest BCUT2D eigenvalue weighted by Gasteiger charge is 2.19. The molecule has 13 heavy (non-hydrogen) atoms. The molecule has 0 aromatic carbocycles. The fourth-order valence-electron chi connectivity index (χ4n) is 1.85. The van der Waals surface area contributed by atoms with Crippen LogP contribution in [-0.2, 0) is 4.74 Å². The van der Waals surface area contributed by atoms with E-state index in [-0.39, 0.29) is 0 Å². The molecule has 0 spiro atoms. The first kappa shape index (κ1) is 10.6. The van der Waals surface area contributed by atoms with Gasteiger partial charge in [-0.1, -0.05) is 0 Å². The highest BCUT2D eigenvalue weighted by Crippen LogP contribution is 2.20. The summed E-state index contributed by atoms with van der Waals surface area (Å²) in [5.74, 6) is 2.64. The maximum Gasteiger partial charge on any atom is 0.0572 e. The van der Waals surface area contributed by atoms with Crippen LogP contribution >= 0.6 is 0 Å². The van der Waals surface area contributed by atoms with Gasteiger partial charge in [0, 0.05) is 26.1 Å². The van der Waals surface area contributed by atoms with E-state index in [0.29, 0.717) is 12.1 Å². The first-order valence-corrected chi connectivity index (χ1v) is 5.06. The second-order valence-electron chi connectivity index (χ2n) is 3.62. The summed E-state index contributed by atoms with van der Waals surface area (Å²) in [6.07, 6.45) is 11.3. The molecular weight excluding hydrogens is 162 g/mol. The molecule has 0 aliphatic heterocycles. The van der Waals surface area contributed by atoms with Crippen molar-refractivity contribution in [2.75, 3.05) is 13.7 Å². The molecule has 1 rings (SSSR count). The van der Waals surface area contributed by atoms with Crippen LogP contribution in [0.1, 0.15) is 32.1 Å². The van der Waals surface area contributed by atoms with Gasteiger partial charge in [-0.05, 0) is 25.7 Å². The zero-order valence-electron chi connectivity index (χ0n) is 8.38. The van der Waals surface area contributed by atoms with Gasteiger partial charge in [0.05, 0.1) is 6.10 Å². The molecule has 0 bridgehead atoms. The Morgan fingerprint density at radius 2 is 2.08 bits per heavy atom. The SMILES string of the molecule is C#CCCNC1CCC(OC)CC1. The van der Waals surface area contributed by atoms with Crippen molar-refractivity contribution in [2.24, 2.45) is 0 Å². The van der Waals surface area contributed by atoms with Gasteiger partial charge in [0.25, 0.3) is 0 Å². The fourth-order valence-corrected chi connectivity index (χ4v) is 1.85. The van der Waals surface area contributed by atoms with Crippen LogP contribution in [-0.4, -0.2) is 25.8 Å². The van der Waals surface area contributed by atoms with Gasteiger partial charge < -0.3 is 10.1 Å². The molecule has 0 aromatic heterocycles. The second kappa shape index (κ2) is 6.01. The third-order valence-electron chi connectivity index (χ3n) is 2.71. The zero-order valence-corrected chi connectivity index (χ0v) is 8.38. The average molecular weight is 181 g/mol. The molecular formula is C11H19NO. The normalized spacial score (nSPS) is 28.3. The standard InChI is InChI=1S/C11H19NO/c1-3-4-9-12-10-5-7-11(13-2)8-6-10/h1,10-12H,4-9H2,2H3. The summed E-state index contributed by atoms with van der Waals surface area (Å²) in [6.45, 7) is 0.957. The van der Waals surface area contributed by atoms with Crippen molar-refractivity contribution in [3.63, 3.8) is 0 Å². The van der Waals surface area contributed by atoms with Gasteiger partial charge in [-0.2, -0.15) is 0 Å². The molecule has 0 unspecified atom stereocenters. The minimum absolute atomic E-state index is 0.491. The number of terminal acetylenes is 1. The van der Waals surface area contributed by atoms with Crippen LogP contribution in [0.5, 0.6) is 0 Å². The molecule has 1 saturated carbocycles. The molecule has 0 aromatic rings. The lowest BCUT2D eigenvalue weighted by atomic mass is 9.93. The number of methoxy groups -OCH3 is 1. The Balaban J connectivity index is 2.07. The molecule has 1 aliphatic carbocycles. The van der Waals surface area contributed by atoms with Gasteiger partial charge in [-0.25, -0.2) is 0 Å². The molecule has 2 nitrogen and oxygen atoms in total. The molecule has 74 valence electrons. The minimum Gasteiger partial charge on any atom is -0.381 e. The molecule has 2 heteroatoms. The van der Waals surface area contributed by atoms with Crippen LogP contribution in [0.15, 0.2) is 0 Å². The predicted molar refractivity (Wildman–Crippen MR) is 54.5 cm³/mol. The molecule has 1 fully saturated rings. The highest BCUT2D eigenvalue weighted by molar-refractivity contribution is 4.85. The van der Waals surface area contributed by atoms with Gasteiger partial charge in [0.1, 0.15) is 0 Å². The van der Waals surface area contributed by atoms with E-state index >= 15 is 0 Å². The number of ether oxygens (including phenoxy) is 1. The lowest BCUT2D eigenvalue weighted by Crippen LogP contribution is -2.35. The van der Waals surface area contributed by atoms with Crippen LogP contribution in [0.3, 0.4) is 0 Å². The molecule has 0 saturated heterocycles. The predicted octanol–water partition coefficient (Wildman–Crippen LogP) is 1.56. The van der Waals surface area contributed by atoms with E-state index in [9.17, 15) is 0 Å². The van der Waals surface area contributed by atoms with E-state index in [2.05, 4.69) is 11.2 Å². The van der Waals surface area contributed by atoms with Gasteiger partial charge in [0.2, 0.25) is 0 Å². The summed E-state index contributed by atoms with van der Waals surface area (Å²) in [4.78, 5) is 0. The Bertz CT molecular complexity index is 165. The maximum absolute atomic E-state index is 5.30. The lowest BCUT2D eigenvalue weighted by Gasteiger charge is -2.28.